The smallest absolute Gasteiger partial charge is 0.306 e. The van der Waals surface area contributed by atoms with Crippen LogP contribution in [0.3, 0.4) is 0 Å². The van der Waals surface area contributed by atoms with Gasteiger partial charge in [0.05, 0.1) is 12.1 Å². The van der Waals surface area contributed by atoms with Crippen LogP contribution in [0.1, 0.15) is 83.9 Å². The van der Waals surface area contributed by atoms with Gasteiger partial charge in [-0.1, -0.05) is 18.2 Å². The van der Waals surface area contributed by atoms with Crippen LogP contribution in [0.2, 0.25) is 0 Å². The van der Waals surface area contributed by atoms with Crippen molar-refractivity contribution in [1.29, 1.82) is 5.26 Å². The molecule has 1 saturated heterocycles. The van der Waals surface area contributed by atoms with Gasteiger partial charge in [0.2, 0.25) is 5.91 Å². The molecule has 0 spiro atoms. The predicted molar refractivity (Wildman–Crippen MR) is 173 cm³/mol. The van der Waals surface area contributed by atoms with E-state index in [1.54, 1.807) is 57.2 Å². The molecule has 0 saturated carbocycles. The summed E-state index contributed by atoms with van der Waals surface area (Å²) in [5.74, 6) is -1.51. The van der Waals surface area contributed by atoms with E-state index in [1.807, 2.05) is 6.07 Å². The summed E-state index contributed by atoms with van der Waals surface area (Å²) >= 11 is 0. The van der Waals surface area contributed by atoms with Gasteiger partial charge in [-0.05, 0) is 70.4 Å². The molecule has 250 valence electrons. The summed E-state index contributed by atoms with van der Waals surface area (Å²) in [4.78, 5) is 58.8. The van der Waals surface area contributed by atoms with Crippen molar-refractivity contribution < 1.29 is 33.0 Å². The van der Waals surface area contributed by atoms with Crippen molar-refractivity contribution in [1.82, 2.24) is 9.88 Å². The van der Waals surface area contributed by atoms with Gasteiger partial charge >= 0.3 is 5.97 Å². The zero-order valence-corrected chi connectivity index (χ0v) is 27.2. The van der Waals surface area contributed by atoms with Crippen LogP contribution in [0, 0.1) is 23.1 Å². The van der Waals surface area contributed by atoms with Crippen LogP contribution in [0.5, 0.6) is 5.75 Å². The van der Waals surface area contributed by atoms with E-state index in [1.165, 1.54) is 23.2 Å². The Hall–Kier alpha value is -5.31. The quantitative estimate of drug-likeness (QED) is 0.229. The number of benzene rings is 2. The fourth-order valence-corrected chi connectivity index (χ4v) is 6.03. The van der Waals surface area contributed by atoms with Crippen molar-refractivity contribution in [3.8, 4) is 11.8 Å². The number of nitrogens with two attached hydrogens (primary N) is 1. The summed E-state index contributed by atoms with van der Waals surface area (Å²) in [5, 5.41) is 8.98. The molecule has 12 heteroatoms. The molecular formula is C36H38FN5O6. The number of pyridine rings is 1. The number of ether oxygens (including phenoxy) is 2. The standard InChI is InChI=1S/C36H38FN5O6/c1-36(2,3)48-32(43)12-10-29(34(39)45)42-20-27-26(35(42)46)5-4-6-30(27)47-21-25-9-8-24(17-28(25)37)33(44)23-13-15-41(16-14-23)31-11-7-22(18-38)19-40-31/h4-9,11,17,19,23,29H,10,12-16,20-21H2,1-3H3,(H2,39,45)/t29-/m0/s1. The Labute approximate surface area is 278 Å². The van der Waals surface area contributed by atoms with Gasteiger partial charge in [-0.15, -0.1) is 0 Å². The molecule has 1 fully saturated rings. The van der Waals surface area contributed by atoms with Crippen LogP contribution < -0.4 is 15.4 Å². The highest BCUT2D eigenvalue weighted by atomic mass is 19.1. The van der Waals surface area contributed by atoms with E-state index in [2.05, 4.69) is 9.88 Å². The minimum atomic E-state index is -1.03. The maximum Gasteiger partial charge on any atom is 0.306 e. The summed E-state index contributed by atoms with van der Waals surface area (Å²) in [5.41, 5.74) is 6.82. The van der Waals surface area contributed by atoms with Crippen LogP contribution in [0.4, 0.5) is 10.2 Å². The zero-order valence-electron chi connectivity index (χ0n) is 27.2. The summed E-state index contributed by atoms with van der Waals surface area (Å²) < 4.78 is 26.5. The van der Waals surface area contributed by atoms with Gasteiger partial charge in [0.1, 0.15) is 41.7 Å². The van der Waals surface area contributed by atoms with E-state index in [-0.39, 0.29) is 48.8 Å². The minimum absolute atomic E-state index is 0.00387. The first-order valence-electron chi connectivity index (χ1n) is 15.8. The van der Waals surface area contributed by atoms with Crippen molar-refractivity contribution in [2.75, 3.05) is 18.0 Å². The predicted octanol–water partition coefficient (Wildman–Crippen LogP) is 4.70. The number of Topliss-reactive ketones (excluding diaryl/α,β-unsaturated/α-hetero) is 1. The van der Waals surface area contributed by atoms with Crippen molar-refractivity contribution in [2.45, 2.75) is 71.2 Å². The normalized spacial score (nSPS) is 15.4. The number of rotatable bonds is 11. The number of aromatic nitrogens is 1. The number of anilines is 1. The molecule has 1 aromatic heterocycles. The molecule has 1 atom stereocenters. The number of nitrogens with zero attached hydrogens (tertiary/aromatic N) is 4. The average Bonchev–Trinajstić information content (AvgIpc) is 3.39. The zero-order chi connectivity index (χ0) is 34.6. The SMILES string of the molecule is CC(C)(C)OC(=O)CC[C@@H](C(N)=O)N1Cc2c(OCc3ccc(C(=O)C4CCN(c5ccc(C#N)cn5)CC4)cc3F)cccc2C1=O. The fourth-order valence-electron chi connectivity index (χ4n) is 6.03. The number of halogens is 1. The molecule has 0 aliphatic carbocycles. The second-order valence-electron chi connectivity index (χ2n) is 13.0. The maximum absolute atomic E-state index is 15.2. The van der Waals surface area contributed by atoms with E-state index >= 15 is 4.39 Å². The van der Waals surface area contributed by atoms with Crippen molar-refractivity contribution in [3.63, 3.8) is 0 Å². The fraction of sp³-hybridized carbons (Fsp3) is 0.389. The molecule has 11 nitrogen and oxygen atoms in total. The molecule has 2 aliphatic rings. The van der Waals surface area contributed by atoms with E-state index < -0.39 is 35.2 Å². The number of nitriles is 1. The van der Waals surface area contributed by atoms with Crippen molar-refractivity contribution >= 4 is 29.4 Å². The van der Waals surface area contributed by atoms with Crippen LogP contribution in [-0.4, -0.2) is 58.2 Å². The van der Waals surface area contributed by atoms with Crippen LogP contribution >= 0.6 is 0 Å². The molecule has 0 bridgehead atoms. The molecule has 0 unspecified atom stereocenters. The first-order valence-corrected chi connectivity index (χ1v) is 15.8. The van der Waals surface area contributed by atoms with Gasteiger partial charge in [0, 0.05) is 53.9 Å². The highest BCUT2D eigenvalue weighted by molar-refractivity contribution is 6.01. The molecule has 3 heterocycles. The number of carbonyl (C=O) groups excluding carboxylic acids is 4. The third-order valence-electron chi connectivity index (χ3n) is 8.49. The Balaban J connectivity index is 1.19. The number of carbonyl (C=O) groups is 4. The Morgan fingerprint density at radius 2 is 1.88 bits per heavy atom. The number of hydrogen-bond acceptors (Lipinski definition) is 9. The molecule has 3 aromatic rings. The number of hydrogen-bond donors (Lipinski definition) is 1. The maximum atomic E-state index is 15.2. The lowest BCUT2D eigenvalue weighted by atomic mass is 9.88. The third kappa shape index (κ3) is 7.79. The van der Waals surface area contributed by atoms with Gasteiger partial charge in [-0.3, -0.25) is 19.2 Å². The molecule has 2 aliphatic heterocycles. The van der Waals surface area contributed by atoms with Crippen LogP contribution in [-0.2, 0) is 27.5 Å². The van der Waals surface area contributed by atoms with Gasteiger partial charge in [0.25, 0.3) is 5.91 Å². The molecule has 2 aromatic carbocycles. The summed E-state index contributed by atoms with van der Waals surface area (Å²) in [6, 6.07) is 13.8. The first kappa shape index (κ1) is 34.0. The second kappa shape index (κ2) is 14.2. The lowest BCUT2D eigenvalue weighted by Crippen LogP contribution is -2.45. The van der Waals surface area contributed by atoms with Crippen molar-refractivity contribution in [2.24, 2.45) is 11.7 Å². The van der Waals surface area contributed by atoms with Gasteiger partial charge < -0.3 is 25.0 Å². The lowest BCUT2D eigenvalue weighted by molar-refractivity contribution is -0.155. The third-order valence-corrected chi connectivity index (χ3v) is 8.49. The van der Waals surface area contributed by atoms with Gasteiger partial charge in [-0.2, -0.15) is 5.26 Å². The average molecular weight is 656 g/mol. The number of piperidine rings is 1. The van der Waals surface area contributed by atoms with E-state index in [0.29, 0.717) is 48.4 Å². The van der Waals surface area contributed by atoms with Crippen LogP contribution in [0.15, 0.2) is 54.7 Å². The number of primary amides is 1. The number of ketones is 1. The molecule has 2 N–H and O–H groups in total. The van der Waals surface area contributed by atoms with Crippen LogP contribution in [0.25, 0.3) is 0 Å². The first-order chi connectivity index (χ1) is 22.8. The van der Waals surface area contributed by atoms with E-state index in [9.17, 15) is 19.2 Å². The molecule has 48 heavy (non-hydrogen) atoms. The Morgan fingerprint density at radius 3 is 2.50 bits per heavy atom. The molecule has 0 radical (unpaired) electrons. The minimum Gasteiger partial charge on any atom is -0.488 e. The Morgan fingerprint density at radius 1 is 1.12 bits per heavy atom. The van der Waals surface area contributed by atoms with E-state index in [0.717, 1.165) is 5.82 Å². The van der Waals surface area contributed by atoms with Gasteiger partial charge in [-0.25, -0.2) is 9.37 Å². The Bertz CT molecular complexity index is 1760. The summed E-state index contributed by atoms with van der Waals surface area (Å²) in [7, 11) is 0. The largest absolute Gasteiger partial charge is 0.488 e. The summed E-state index contributed by atoms with van der Waals surface area (Å²) in [6.45, 7) is 6.33. The molecule has 5 rings (SSSR count). The lowest BCUT2D eigenvalue weighted by Gasteiger charge is -2.32. The Kier molecular flexibility index (Phi) is 10.1. The monoisotopic (exact) mass is 655 g/mol. The highest BCUT2D eigenvalue weighted by Crippen LogP contribution is 2.34. The summed E-state index contributed by atoms with van der Waals surface area (Å²) in [6.07, 6.45) is 2.63. The number of fused-ring (bicyclic) bond motifs is 1. The van der Waals surface area contributed by atoms with E-state index in [4.69, 9.17) is 20.5 Å². The molecule has 2 amide bonds. The van der Waals surface area contributed by atoms with Gasteiger partial charge in [0.15, 0.2) is 5.78 Å². The topological polar surface area (TPSA) is 156 Å². The molecular weight excluding hydrogens is 617 g/mol. The number of amides is 2. The second-order valence-corrected chi connectivity index (χ2v) is 13.0. The highest BCUT2D eigenvalue weighted by Gasteiger charge is 2.37. The van der Waals surface area contributed by atoms with Crippen molar-refractivity contribution in [3.05, 3.63) is 88.4 Å². The number of esters is 1.